The van der Waals surface area contributed by atoms with Gasteiger partial charge in [-0.05, 0) is 31.2 Å². The van der Waals surface area contributed by atoms with Crippen molar-refractivity contribution >= 4 is 38.5 Å². The van der Waals surface area contributed by atoms with Gasteiger partial charge in [-0.1, -0.05) is 11.3 Å². The molecule has 3 aromatic rings. The maximum atomic E-state index is 13.0. The minimum Gasteiger partial charge on any atom is -0.494 e. The van der Waals surface area contributed by atoms with Crippen molar-refractivity contribution in [3.8, 4) is 17.2 Å². The zero-order chi connectivity index (χ0) is 19.1. The standard InChI is InChI=1S/C19H16N2O5S/c1-4-26-10-5-8-14-12(9-10)20-19(27-14)21-17(22)11-6-7-13(24-2)16(25-3)15(11)18(21)23/h5-9H,4H2,1-3H3. The molecule has 2 aromatic carbocycles. The van der Waals surface area contributed by atoms with E-state index in [0.717, 1.165) is 9.60 Å². The van der Waals surface area contributed by atoms with Crippen molar-refractivity contribution in [2.24, 2.45) is 0 Å². The molecule has 1 aliphatic rings. The summed E-state index contributed by atoms with van der Waals surface area (Å²) < 4.78 is 16.9. The van der Waals surface area contributed by atoms with E-state index in [1.165, 1.54) is 25.6 Å². The van der Waals surface area contributed by atoms with E-state index in [1.807, 2.05) is 19.1 Å². The third kappa shape index (κ3) is 2.60. The first-order valence-corrected chi connectivity index (χ1v) is 9.07. The molecule has 0 aliphatic carbocycles. The highest BCUT2D eigenvalue weighted by Crippen LogP contribution is 2.41. The molecule has 0 unspecified atom stereocenters. The number of carbonyl (C=O) groups excluding carboxylic acids is 2. The van der Waals surface area contributed by atoms with E-state index >= 15 is 0 Å². The highest BCUT2D eigenvalue weighted by Gasteiger charge is 2.41. The van der Waals surface area contributed by atoms with Crippen molar-refractivity contribution in [1.29, 1.82) is 0 Å². The fraction of sp³-hybridized carbons (Fsp3) is 0.211. The molecule has 0 fully saturated rings. The maximum absolute atomic E-state index is 13.0. The molecule has 0 bridgehead atoms. The Kier molecular flexibility index (Phi) is 4.19. The van der Waals surface area contributed by atoms with Crippen LogP contribution in [0.25, 0.3) is 10.2 Å². The normalized spacial score (nSPS) is 13.2. The van der Waals surface area contributed by atoms with Gasteiger partial charge in [-0.3, -0.25) is 9.59 Å². The van der Waals surface area contributed by atoms with Crippen molar-refractivity contribution in [2.75, 3.05) is 25.7 Å². The molecule has 2 heterocycles. The van der Waals surface area contributed by atoms with Crippen LogP contribution in [-0.4, -0.2) is 37.6 Å². The lowest BCUT2D eigenvalue weighted by molar-refractivity contribution is 0.0925. The minimum atomic E-state index is -0.477. The Balaban J connectivity index is 1.80. The Labute approximate surface area is 159 Å². The molecule has 138 valence electrons. The third-order valence-corrected chi connectivity index (χ3v) is 5.27. The lowest BCUT2D eigenvalue weighted by Gasteiger charge is -2.10. The van der Waals surface area contributed by atoms with Crippen molar-refractivity contribution in [1.82, 2.24) is 4.98 Å². The molecule has 1 aliphatic heterocycles. The number of hydrogen-bond donors (Lipinski definition) is 0. The zero-order valence-electron chi connectivity index (χ0n) is 14.9. The summed E-state index contributed by atoms with van der Waals surface area (Å²) in [4.78, 5) is 31.4. The SMILES string of the molecule is CCOc1ccc2sc(N3C(=O)c4ccc(OC)c(OC)c4C3=O)nc2c1. The fourth-order valence-electron chi connectivity index (χ4n) is 3.06. The van der Waals surface area contributed by atoms with Gasteiger partial charge >= 0.3 is 0 Å². The van der Waals surface area contributed by atoms with E-state index in [-0.39, 0.29) is 16.9 Å². The predicted molar refractivity (Wildman–Crippen MR) is 101 cm³/mol. The van der Waals surface area contributed by atoms with Gasteiger partial charge in [-0.2, -0.15) is 0 Å². The molecule has 8 heteroatoms. The number of methoxy groups -OCH3 is 2. The molecule has 0 radical (unpaired) electrons. The zero-order valence-corrected chi connectivity index (χ0v) is 15.8. The summed E-state index contributed by atoms with van der Waals surface area (Å²) in [7, 11) is 2.91. The summed E-state index contributed by atoms with van der Waals surface area (Å²) in [6.45, 7) is 2.44. The lowest BCUT2D eigenvalue weighted by atomic mass is 10.1. The Morgan fingerprint density at radius 2 is 1.89 bits per heavy atom. The highest BCUT2D eigenvalue weighted by atomic mass is 32.1. The third-order valence-electron chi connectivity index (χ3n) is 4.25. The number of nitrogens with zero attached hydrogens (tertiary/aromatic N) is 2. The predicted octanol–water partition coefficient (Wildman–Crippen LogP) is 3.51. The number of ether oxygens (including phenoxy) is 3. The van der Waals surface area contributed by atoms with E-state index in [9.17, 15) is 9.59 Å². The van der Waals surface area contributed by atoms with Crippen LogP contribution in [0.5, 0.6) is 17.2 Å². The van der Waals surface area contributed by atoms with Crippen molar-refractivity contribution in [2.45, 2.75) is 6.92 Å². The van der Waals surface area contributed by atoms with E-state index in [2.05, 4.69) is 4.98 Å². The molecule has 0 saturated carbocycles. The van der Waals surface area contributed by atoms with Crippen LogP contribution in [0, 0.1) is 0 Å². The van der Waals surface area contributed by atoms with Gasteiger partial charge in [0.05, 0.1) is 42.2 Å². The van der Waals surface area contributed by atoms with Crippen LogP contribution in [0.1, 0.15) is 27.6 Å². The first-order valence-electron chi connectivity index (χ1n) is 8.26. The molecule has 0 saturated heterocycles. The monoisotopic (exact) mass is 384 g/mol. The molecule has 0 spiro atoms. The largest absolute Gasteiger partial charge is 0.494 e. The number of aromatic nitrogens is 1. The van der Waals surface area contributed by atoms with Crippen LogP contribution in [0.3, 0.4) is 0 Å². The van der Waals surface area contributed by atoms with Gasteiger partial charge < -0.3 is 14.2 Å². The highest BCUT2D eigenvalue weighted by molar-refractivity contribution is 7.22. The second-order valence-corrected chi connectivity index (χ2v) is 6.74. The minimum absolute atomic E-state index is 0.191. The number of benzene rings is 2. The average molecular weight is 384 g/mol. The number of hydrogen-bond acceptors (Lipinski definition) is 7. The van der Waals surface area contributed by atoms with Gasteiger partial charge in [0.15, 0.2) is 11.5 Å². The van der Waals surface area contributed by atoms with Gasteiger partial charge in [0, 0.05) is 6.07 Å². The number of fused-ring (bicyclic) bond motifs is 2. The van der Waals surface area contributed by atoms with Crippen LogP contribution >= 0.6 is 11.3 Å². The molecule has 0 atom stereocenters. The number of thiazole rings is 1. The van der Waals surface area contributed by atoms with Gasteiger partial charge in [-0.15, -0.1) is 0 Å². The molecule has 2 amide bonds. The molecule has 0 N–H and O–H groups in total. The molecule has 4 rings (SSSR count). The van der Waals surface area contributed by atoms with Gasteiger partial charge in [0.25, 0.3) is 11.8 Å². The number of anilines is 1. The number of amides is 2. The van der Waals surface area contributed by atoms with E-state index in [0.29, 0.717) is 28.8 Å². The van der Waals surface area contributed by atoms with Crippen molar-refractivity contribution < 1.29 is 23.8 Å². The van der Waals surface area contributed by atoms with E-state index in [4.69, 9.17) is 14.2 Å². The Morgan fingerprint density at radius 1 is 1.07 bits per heavy atom. The van der Waals surface area contributed by atoms with E-state index < -0.39 is 11.8 Å². The number of carbonyl (C=O) groups is 2. The van der Waals surface area contributed by atoms with Crippen LogP contribution in [0.2, 0.25) is 0 Å². The summed E-state index contributed by atoms with van der Waals surface area (Å²) in [6, 6.07) is 8.67. The summed E-state index contributed by atoms with van der Waals surface area (Å²) in [5.41, 5.74) is 1.13. The Morgan fingerprint density at radius 3 is 2.59 bits per heavy atom. The first-order chi connectivity index (χ1) is 13.1. The van der Waals surface area contributed by atoms with Gasteiger partial charge in [0.2, 0.25) is 5.13 Å². The molecule has 1 aromatic heterocycles. The van der Waals surface area contributed by atoms with Gasteiger partial charge in [-0.25, -0.2) is 9.88 Å². The number of imide groups is 1. The summed E-state index contributed by atoms with van der Waals surface area (Å²) in [5, 5.41) is 0.311. The Bertz CT molecular complexity index is 1080. The molecule has 27 heavy (non-hydrogen) atoms. The van der Waals surface area contributed by atoms with Crippen molar-refractivity contribution in [3.05, 3.63) is 41.5 Å². The topological polar surface area (TPSA) is 78.0 Å². The van der Waals surface area contributed by atoms with Gasteiger partial charge in [0.1, 0.15) is 5.75 Å². The van der Waals surface area contributed by atoms with Crippen LogP contribution in [0.4, 0.5) is 5.13 Å². The average Bonchev–Trinajstić information content (AvgIpc) is 3.19. The van der Waals surface area contributed by atoms with Crippen molar-refractivity contribution in [3.63, 3.8) is 0 Å². The summed E-state index contributed by atoms with van der Waals surface area (Å²) in [6.07, 6.45) is 0. The lowest BCUT2D eigenvalue weighted by Crippen LogP contribution is -2.29. The first kappa shape index (κ1) is 17.3. The van der Waals surface area contributed by atoms with E-state index in [1.54, 1.807) is 18.2 Å². The summed E-state index contributed by atoms with van der Waals surface area (Å²) in [5.74, 6) is 0.422. The van der Waals surface area contributed by atoms with Crippen LogP contribution in [0.15, 0.2) is 30.3 Å². The maximum Gasteiger partial charge on any atom is 0.271 e. The van der Waals surface area contributed by atoms with Crippen LogP contribution < -0.4 is 19.1 Å². The fourth-order valence-corrected chi connectivity index (χ4v) is 4.01. The second kappa shape index (κ2) is 6.55. The molecular weight excluding hydrogens is 368 g/mol. The quantitative estimate of drug-likeness (QED) is 0.627. The number of rotatable bonds is 5. The van der Waals surface area contributed by atoms with Crippen LogP contribution in [-0.2, 0) is 0 Å². The smallest absolute Gasteiger partial charge is 0.271 e. The Hall–Kier alpha value is -3.13. The molecule has 7 nitrogen and oxygen atoms in total. The summed E-state index contributed by atoms with van der Waals surface area (Å²) >= 11 is 1.27. The second-order valence-electron chi connectivity index (χ2n) is 5.73. The molecular formula is C19H16N2O5S.